The number of carboxylic acid groups (broad SMARTS) is 1. The number of hydrogen-bond acceptors (Lipinski definition) is 2. The molecule has 0 aliphatic rings. The Balaban J connectivity index is 0.00000121. The van der Waals surface area contributed by atoms with Crippen LogP contribution in [0.5, 0.6) is 0 Å². The number of nitrogens with zero attached hydrogens (tertiary/aromatic N) is 2. The van der Waals surface area contributed by atoms with Crippen LogP contribution < -0.4 is 0 Å². The van der Waals surface area contributed by atoms with Crippen LogP contribution in [0.1, 0.15) is 11.3 Å². The lowest BCUT2D eigenvalue weighted by Crippen LogP contribution is -2.02. The minimum atomic E-state index is -0.841. The van der Waals surface area contributed by atoms with Crippen LogP contribution in [0.4, 0.5) is 0 Å². The number of aromatic nitrogens is 2. The summed E-state index contributed by atoms with van der Waals surface area (Å²) >= 11 is 0. The monoisotopic (exact) mass is 190 g/mol. The Bertz CT molecular complexity index is 283. The Morgan fingerprint density at radius 3 is 2.67 bits per heavy atom. The van der Waals surface area contributed by atoms with Crippen molar-refractivity contribution < 1.29 is 9.90 Å². The molecule has 1 heterocycles. The maximum atomic E-state index is 10.3. The lowest BCUT2D eigenvalue weighted by molar-refractivity contribution is -0.136. The van der Waals surface area contributed by atoms with Gasteiger partial charge in [0.25, 0.3) is 0 Å². The van der Waals surface area contributed by atoms with Gasteiger partial charge in [-0.25, -0.2) is 0 Å². The minimum absolute atomic E-state index is 0. The molecule has 0 unspecified atom stereocenters. The van der Waals surface area contributed by atoms with E-state index in [1.807, 2.05) is 6.92 Å². The minimum Gasteiger partial charge on any atom is -0.481 e. The van der Waals surface area contributed by atoms with Crippen molar-refractivity contribution in [2.45, 2.75) is 13.3 Å². The van der Waals surface area contributed by atoms with Crippen molar-refractivity contribution >= 4 is 18.4 Å². The predicted octanol–water partition coefficient (Wildman–Crippen LogP) is 0.777. The zero-order chi connectivity index (χ0) is 8.43. The van der Waals surface area contributed by atoms with Gasteiger partial charge >= 0.3 is 5.97 Å². The fraction of sp³-hybridized carbons (Fsp3) is 0.429. The van der Waals surface area contributed by atoms with Crippen molar-refractivity contribution in [2.75, 3.05) is 0 Å². The van der Waals surface area contributed by atoms with Gasteiger partial charge in [-0.15, -0.1) is 12.4 Å². The fourth-order valence-electron chi connectivity index (χ4n) is 0.971. The van der Waals surface area contributed by atoms with Crippen molar-refractivity contribution in [3.63, 3.8) is 0 Å². The van der Waals surface area contributed by atoms with E-state index in [1.165, 1.54) is 0 Å². The Hall–Kier alpha value is -1.03. The molecule has 0 atom stereocenters. The van der Waals surface area contributed by atoms with Crippen LogP contribution in [-0.4, -0.2) is 20.9 Å². The second-order valence-corrected chi connectivity index (χ2v) is 2.50. The van der Waals surface area contributed by atoms with Gasteiger partial charge in [0.15, 0.2) is 0 Å². The van der Waals surface area contributed by atoms with E-state index in [4.69, 9.17) is 5.11 Å². The molecular formula is C7H11ClN2O2. The first-order valence-electron chi connectivity index (χ1n) is 3.30. The second kappa shape index (κ2) is 4.11. The van der Waals surface area contributed by atoms with Gasteiger partial charge in [-0.05, 0) is 12.5 Å². The summed E-state index contributed by atoms with van der Waals surface area (Å²) in [6.45, 7) is 1.85. The van der Waals surface area contributed by atoms with Gasteiger partial charge in [-0.1, -0.05) is 0 Å². The molecule has 0 aliphatic carbocycles. The third kappa shape index (κ3) is 2.54. The van der Waals surface area contributed by atoms with Crippen LogP contribution in [0.25, 0.3) is 0 Å². The molecule has 1 aromatic rings. The number of carbonyl (C=O) groups is 1. The standard InChI is InChI=1S/C7H10N2O2.ClH/c1-5-4-9(2)8-6(5)3-7(10)11;/h4H,3H2,1-2H3,(H,10,11);1H. The lowest BCUT2D eigenvalue weighted by Gasteiger charge is -1.89. The second-order valence-electron chi connectivity index (χ2n) is 2.50. The molecule has 0 bridgehead atoms. The molecule has 68 valence electrons. The third-order valence-corrected chi connectivity index (χ3v) is 1.43. The predicted molar refractivity (Wildman–Crippen MR) is 46.5 cm³/mol. The first-order chi connectivity index (χ1) is 5.09. The topological polar surface area (TPSA) is 55.1 Å². The van der Waals surface area contributed by atoms with E-state index in [0.717, 1.165) is 5.56 Å². The summed E-state index contributed by atoms with van der Waals surface area (Å²) in [5.74, 6) is -0.841. The van der Waals surface area contributed by atoms with Crippen molar-refractivity contribution in [1.82, 2.24) is 9.78 Å². The van der Waals surface area contributed by atoms with E-state index in [-0.39, 0.29) is 18.8 Å². The normalized spacial score (nSPS) is 9.17. The quantitative estimate of drug-likeness (QED) is 0.750. The summed E-state index contributed by atoms with van der Waals surface area (Å²) in [6.07, 6.45) is 1.81. The van der Waals surface area contributed by atoms with E-state index in [2.05, 4.69) is 5.10 Å². The highest BCUT2D eigenvalue weighted by Crippen LogP contribution is 2.04. The molecule has 1 rings (SSSR count). The SMILES string of the molecule is Cc1cn(C)nc1CC(=O)O.Cl. The molecule has 0 aromatic carbocycles. The van der Waals surface area contributed by atoms with Crippen molar-refractivity contribution in [3.05, 3.63) is 17.5 Å². The summed E-state index contributed by atoms with van der Waals surface area (Å²) in [5, 5.41) is 12.4. The van der Waals surface area contributed by atoms with Crippen molar-refractivity contribution in [1.29, 1.82) is 0 Å². The molecule has 4 nitrogen and oxygen atoms in total. The maximum absolute atomic E-state index is 10.3. The van der Waals surface area contributed by atoms with Gasteiger partial charge in [0.05, 0.1) is 12.1 Å². The molecule has 0 spiro atoms. The summed E-state index contributed by atoms with van der Waals surface area (Å²) in [7, 11) is 1.78. The Morgan fingerprint density at radius 2 is 2.33 bits per heavy atom. The highest BCUT2D eigenvalue weighted by molar-refractivity contribution is 5.85. The highest BCUT2D eigenvalue weighted by Gasteiger charge is 2.06. The van der Waals surface area contributed by atoms with Crippen LogP contribution in [0, 0.1) is 6.92 Å². The summed E-state index contributed by atoms with van der Waals surface area (Å²) < 4.78 is 1.62. The van der Waals surface area contributed by atoms with Crippen LogP contribution in [-0.2, 0) is 18.3 Å². The van der Waals surface area contributed by atoms with E-state index in [9.17, 15) is 4.79 Å². The van der Waals surface area contributed by atoms with Gasteiger partial charge in [0, 0.05) is 13.2 Å². The van der Waals surface area contributed by atoms with Crippen LogP contribution in [0.2, 0.25) is 0 Å². The van der Waals surface area contributed by atoms with E-state index in [1.54, 1.807) is 17.9 Å². The molecule has 0 saturated heterocycles. The molecule has 12 heavy (non-hydrogen) atoms. The number of carboxylic acids is 1. The molecule has 1 aromatic heterocycles. The summed E-state index contributed by atoms with van der Waals surface area (Å²) in [6, 6.07) is 0. The smallest absolute Gasteiger partial charge is 0.309 e. The van der Waals surface area contributed by atoms with E-state index in [0.29, 0.717) is 5.69 Å². The summed E-state index contributed by atoms with van der Waals surface area (Å²) in [4.78, 5) is 10.3. The molecule has 0 saturated carbocycles. The molecule has 0 radical (unpaired) electrons. The average molecular weight is 191 g/mol. The van der Waals surface area contributed by atoms with Crippen molar-refractivity contribution in [2.24, 2.45) is 7.05 Å². The molecular weight excluding hydrogens is 180 g/mol. The third-order valence-electron chi connectivity index (χ3n) is 1.43. The van der Waals surface area contributed by atoms with Gasteiger partial charge in [0.2, 0.25) is 0 Å². The Morgan fingerprint density at radius 1 is 1.75 bits per heavy atom. The van der Waals surface area contributed by atoms with E-state index >= 15 is 0 Å². The number of hydrogen-bond donors (Lipinski definition) is 1. The van der Waals surface area contributed by atoms with Gasteiger partial charge in [-0.2, -0.15) is 5.10 Å². The van der Waals surface area contributed by atoms with Crippen LogP contribution >= 0.6 is 12.4 Å². The highest BCUT2D eigenvalue weighted by atomic mass is 35.5. The number of aliphatic carboxylic acids is 1. The lowest BCUT2D eigenvalue weighted by atomic mass is 10.2. The van der Waals surface area contributed by atoms with E-state index < -0.39 is 5.97 Å². The molecule has 0 aliphatic heterocycles. The van der Waals surface area contributed by atoms with Crippen molar-refractivity contribution in [3.8, 4) is 0 Å². The largest absolute Gasteiger partial charge is 0.481 e. The maximum Gasteiger partial charge on any atom is 0.309 e. The van der Waals surface area contributed by atoms with Gasteiger partial charge < -0.3 is 5.11 Å². The molecule has 5 heteroatoms. The van der Waals surface area contributed by atoms with Crippen LogP contribution in [0.15, 0.2) is 6.20 Å². The summed E-state index contributed by atoms with van der Waals surface area (Å²) in [5.41, 5.74) is 1.56. The number of rotatable bonds is 2. The van der Waals surface area contributed by atoms with Crippen LogP contribution in [0.3, 0.4) is 0 Å². The van der Waals surface area contributed by atoms with Gasteiger partial charge in [-0.3, -0.25) is 9.48 Å². The zero-order valence-electron chi connectivity index (χ0n) is 6.94. The molecule has 0 amide bonds. The molecule has 0 fully saturated rings. The zero-order valence-corrected chi connectivity index (χ0v) is 7.76. The first-order valence-corrected chi connectivity index (χ1v) is 3.30. The Kier molecular flexibility index (Phi) is 3.76. The number of aryl methyl sites for hydroxylation is 2. The average Bonchev–Trinajstić information content (AvgIpc) is 2.09. The Labute approximate surface area is 76.6 Å². The number of halogens is 1. The molecule has 1 N–H and O–H groups in total. The fourth-order valence-corrected chi connectivity index (χ4v) is 0.971. The first kappa shape index (κ1) is 11.0. The van der Waals surface area contributed by atoms with Gasteiger partial charge in [0.1, 0.15) is 0 Å².